The Morgan fingerprint density at radius 1 is 1.14 bits per heavy atom. The summed E-state index contributed by atoms with van der Waals surface area (Å²) in [7, 11) is 0. The molecular formula is C21H23N5O2. The molecule has 5 rings (SSSR count). The van der Waals surface area contributed by atoms with Gasteiger partial charge in [0.2, 0.25) is 11.8 Å². The molecule has 1 saturated carbocycles. The van der Waals surface area contributed by atoms with E-state index < -0.39 is 0 Å². The number of fused-ring (bicyclic) bond motifs is 1. The summed E-state index contributed by atoms with van der Waals surface area (Å²) in [6.45, 7) is 3.89. The van der Waals surface area contributed by atoms with E-state index in [9.17, 15) is 4.79 Å². The number of rotatable bonds is 4. The van der Waals surface area contributed by atoms with Crippen LogP contribution in [-0.4, -0.2) is 43.6 Å². The van der Waals surface area contributed by atoms with E-state index in [0.717, 1.165) is 23.6 Å². The number of benzene rings is 1. The zero-order chi connectivity index (χ0) is 19.1. The van der Waals surface area contributed by atoms with Gasteiger partial charge in [0.25, 0.3) is 0 Å². The second-order valence-electron chi connectivity index (χ2n) is 7.58. The second-order valence-corrected chi connectivity index (χ2v) is 7.58. The van der Waals surface area contributed by atoms with E-state index in [0.29, 0.717) is 42.9 Å². The first kappa shape index (κ1) is 17.2. The SMILES string of the molecule is Cc1oc(-c2ccccc2)nc1CC(=O)N1CCc2nc(C3CC3)nn2CC1. The molecule has 0 radical (unpaired) electrons. The third-order valence-corrected chi connectivity index (χ3v) is 5.48. The average molecular weight is 377 g/mol. The largest absolute Gasteiger partial charge is 0.441 e. The van der Waals surface area contributed by atoms with Crippen molar-refractivity contribution in [3.63, 3.8) is 0 Å². The summed E-state index contributed by atoms with van der Waals surface area (Å²) in [6, 6.07) is 9.76. The van der Waals surface area contributed by atoms with Gasteiger partial charge in [0.15, 0.2) is 5.82 Å². The van der Waals surface area contributed by atoms with Crippen molar-refractivity contribution in [3.8, 4) is 11.5 Å². The van der Waals surface area contributed by atoms with Crippen molar-refractivity contribution in [1.29, 1.82) is 0 Å². The Kier molecular flexibility index (Phi) is 4.22. The van der Waals surface area contributed by atoms with Gasteiger partial charge in [0.05, 0.1) is 18.7 Å². The molecule has 144 valence electrons. The van der Waals surface area contributed by atoms with Crippen molar-refractivity contribution in [2.75, 3.05) is 13.1 Å². The minimum Gasteiger partial charge on any atom is -0.441 e. The maximum Gasteiger partial charge on any atom is 0.228 e. The van der Waals surface area contributed by atoms with Gasteiger partial charge in [-0.1, -0.05) is 18.2 Å². The van der Waals surface area contributed by atoms with Gasteiger partial charge in [-0.2, -0.15) is 5.10 Å². The first-order chi connectivity index (χ1) is 13.7. The fourth-order valence-corrected chi connectivity index (χ4v) is 3.64. The number of hydrogen-bond acceptors (Lipinski definition) is 5. The molecule has 1 aliphatic carbocycles. The first-order valence-electron chi connectivity index (χ1n) is 9.90. The summed E-state index contributed by atoms with van der Waals surface area (Å²) in [4.78, 5) is 24.0. The minimum atomic E-state index is 0.0733. The summed E-state index contributed by atoms with van der Waals surface area (Å²) in [5, 5.41) is 4.64. The van der Waals surface area contributed by atoms with Crippen LogP contribution in [0.15, 0.2) is 34.7 Å². The maximum absolute atomic E-state index is 12.9. The van der Waals surface area contributed by atoms with Gasteiger partial charge in [-0.15, -0.1) is 0 Å². The number of aryl methyl sites for hydroxylation is 1. The van der Waals surface area contributed by atoms with Crippen LogP contribution < -0.4 is 0 Å². The van der Waals surface area contributed by atoms with Crippen molar-refractivity contribution in [2.45, 2.75) is 45.1 Å². The molecule has 3 aromatic rings. The lowest BCUT2D eigenvalue weighted by atomic mass is 10.2. The van der Waals surface area contributed by atoms with E-state index >= 15 is 0 Å². The molecule has 1 fully saturated rings. The lowest BCUT2D eigenvalue weighted by Gasteiger charge is -2.19. The summed E-state index contributed by atoms with van der Waals surface area (Å²) in [6.07, 6.45) is 3.41. The third kappa shape index (κ3) is 3.32. The Morgan fingerprint density at radius 2 is 1.96 bits per heavy atom. The van der Waals surface area contributed by atoms with E-state index in [1.807, 2.05) is 46.8 Å². The minimum absolute atomic E-state index is 0.0733. The third-order valence-electron chi connectivity index (χ3n) is 5.48. The summed E-state index contributed by atoms with van der Waals surface area (Å²) < 4.78 is 7.77. The number of aromatic nitrogens is 4. The van der Waals surface area contributed by atoms with Gasteiger partial charge in [-0.25, -0.2) is 14.6 Å². The van der Waals surface area contributed by atoms with Gasteiger partial charge in [-0.05, 0) is 31.9 Å². The molecule has 7 heteroatoms. The van der Waals surface area contributed by atoms with Crippen molar-refractivity contribution < 1.29 is 9.21 Å². The Balaban J connectivity index is 1.26. The Bertz CT molecular complexity index is 978. The van der Waals surface area contributed by atoms with Crippen molar-refractivity contribution in [1.82, 2.24) is 24.6 Å². The molecular weight excluding hydrogens is 354 g/mol. The number of carbonyl (C=O) groups excluding carboxylic acids is 1. The highest BCUT2D eigenvalue weighted by molar-refractivity contribution is 5.78. The predicted octanol–water partition coefficient (Wildman–Crippen LogP) is 2.75. The van der Waals surface area contributed by atoms with E-state index in [4.69, 9.17) is 4.42 Å². The average Bonchev–Trinajstić information content (AvgIpc) is 3.43. The first-order valence-corrected chi connectivity index (χ1v) is 9.90. The van der Waals surface area contributed by atoms with Gasteiger partial charge in [-0.3, -0.25) is 4.79 Å². The number of oxazole rings is 1. The number of nitrogens with zero attached hydrogens (tertiary/aromatic N) is 5. The van der Waals surface area contributed by atoms with Crippen LogP contribution in [0, 0.1) is 6.92 Å². The fraction of sp³-hybridized carbons (Fsp3) is 0.429. The molecule has 0 unspecified atom stereocenters. The van der Waals surface area contributed by atoms with Crippen LogP contribution in [-0.2, 0) is 24.2 Å². The van der Waals surface area contributed by atoms with E-state index in [2.05, 4.69) is 15.1 Å². The van der Waals surface area contributed by atoms with Crippen LogP contribution >= 0.6 is 0 Å². The second kappa shape index (κ2) is 6.89. The van der Waals surface area contributed by atoms with Gasteiger partial charge < -0.3 is 9.32 Å². The molecule has 28 heavy (non-hydrogen) atoms. The molecule has 1 aliphatic heterocycles. The molecule has 0 atom stereocenters. The van der Waals surface area contributed by atoms with Crippen LogP contribution in [0.2, 0.25) is 0 Å². The molecule has 2 aliphatic rings. The van der Waals surface area contributed by atoms with Crippen LogP contribution in [0.3, 0.4) is 0 Å². The maximum atomic E-state index is 12.9. The highest BCUT2D eigenvalue weighted by atomic mass is 16.4. The van der Waals surface area contributed by atoms with Crippen molar-refractivity contribution in [2.24, 2.45) is 0 Å². The van der Waals surface area contributed by atoms with Crippen LogP contribution in [0.1, 0.15) is 41.9 Å². The van der Waals surface area contributed by atoms with Gasteiger partial charge in [0, 0.05) is 31.0 Å². The Morgan fingerprint density at radius 3 is 2.75 bits per heavy atom. The van der Waals surface area contributed by atoms with E-state index in [1.165, 1.54) is 12.8 Å². The van der Waals surface area contributed by atoms with Crippen LogP contribution in [0.25, 0.3) is 11.5 Å². The lowest BCUT2D eigenvalue weighted by molar-refractivity contribution is -0.130. The summed E-state index contributed by atoms with van der Waals surface area (Å²) in [5.74, 6) is 3.89. The van der Waals surface area contributed by atoms with Crippen LogP contribution in [0.4, 0.5) is 0 Å². The molecule has 7 nitrogen and oxygen atoms in total. The Labute approximate surface area is 163 Å². The molecule has 0 bridgehead atoms. The summed E-state index contributed by atoms with van der Waals surface area (Å²) in [5.41, 5.74) is 1.63. The van der Waals surface area contributed by atoms with E-state index in [1.54, 1.807) is 0 Å². The van der Waals surface area contributed by atoms with E-state index in [-0.39, 0.29) is 12.3 Å². The van der Waals surface area contributed by atoms with Gasteiger partial charge in [0.1, 0.15) is 11.6 Å². The standard InChI is InChI=1S/C21H23N5O2/c1-14-17(22-21(28-14)16-5-3-2-4-6-16)13-19(27)25-10-9-18-23-20(15-7-8-15)24-26(18)12-11-25/h2-6,15H,7-13H2,1H3. The number of carbonyl (C=O) groups is 1. The zero-order valence-corrected chi connectivity index (χ0v) is 16.0. The topological polar surface area (TPSA) is 77.1 Å². The highest BCUT2D eigenvalue weighted by Gasteiger charge is 2.30. The molecule has 2 aromatic heterocycles. The molecule has 1 amide bonds. The monoisotopic (exact) mass is 377 g/mol. The molecule has 0 spiro atoms. The van der Waals surface area contributed by atoms with Crippen LogP contribution in [0.5, 0.6) is 0 Å². The molecule has 3 heterocycles. The molecule has 1 aromatic carbocycles. The Hall–Kier alpha value is -2.96. The summed E-state index contributed by atoms with van der Waals surface area (Å²) >= 11 is 0. The smallest absolute Gasteiger partial charge is 0.228 e. The number of amides is 1. The number of hydrogen-bond donors (Lipinski definition) is 0. The molecule has 0 saturated heterocycles. The quantitative estimate of drug-likeness (QED) is 0.699. The highest BCUT2D eigenvalue weighted by Crippen LogP contribution is 2.38. The zero-order valence-electron chi connectivity index (χ0n) is 16.0. The van der Waals surface area contributed by atoms with Crippen molar-refractivity contribution >= 4 is 5.91 Å². The normalized spacial score (nSPS) is 16.7. The fourth-order valence-electron chi connectivity index (χ4n) is 3.64. The van der Waals surface area contributed by atoms with Gasteiger partial charge >= 0.3 is 0 Å². The molecule has 0 N–H and O–H groups in total. The van der Waals surface area contributed by atoms with Crippen molar-refractivity contribution in [3.05, 3.63) is 53.4 Å². The lowest BCUT2D eigenvalue weighted by Crippen LogP contribution is -2.35. The predicted molar refractivity (Wildman–Crippen MR) is 103 cm³/mol.